The summed E-state index contributed by atoms with van der Waals surface area (Å²) in [7, 11) is 0. The Morgan fingerprint density at radius 3 is 2.42 bits per heavy atom. The standard InChI is InChI=1S/C12H13NS.C7H5FN2/c1-9(10-5-3-2-4-6-10)11-7-13-8-12(11)14;8-6-3-5(4-9)1-2-7(6)10/h2-9,13-14H,1H3;1-3H,10H2. The van der Waals surface area contributed by atoms with E-state index in [1.807, 2.05) is 18.5 Å². The van der Waals surface area contributed by atoms with Gasteiger partial charge in [-0.1, -0.05) is 37.3 Å². The molecule has 1 aromatic heterocycles. The monoisotopic (exact) mass is 339 g/mol. The van der Waals surface area contributed by atoms with Gasteiger partial charge in [-0.25, -0.2) is 4.39 Å². The highest BCUT2D eigenvalue weighted by molar-refractivity contribution is 7.80. The summed E-state index contributed by atoms with van der Waals surface area (Å²) in [6.07, 6.45) is 3.93. The van der Waals surface area contributed by atoms with Gasteiger partial charge in [0, 0.05) is 23.2 Å². The zero-order chi connectivity index (χ0) is 17.5. The molecule has 24 heavy (non-hydrogen) atoms. The molecule has 1 atom stereocenters. The number of hydrogen-bond donors (Lipinski definition) is 3. The molecule has 0 fully saturated rings. The zero-order valence-corrected chi connectivity index (χ0v) is 14.1. The van der Waals surface area contributed by atoms with E-state index in [-0.39, 0.29) is 11.3 Å². The first-order chi connectivity index (χ1) is 11.5. The van der Waals surface area contributed by atoms with Crippen LogP contribution in [0.4, 0.5) is 10.1 Å². The second-order valence-corrected chi connectivity index (χ2v) is 5.76. The molecule has 5 heteroatoms. The van der Waals surface area contributed by atoms with Crippen molar-refractivity contribution in [2.24, 2.45) is 0 Å². The Balaban J connectivity index is 0.000000185. The minimum absolute atomic E-state index is 0.0685. The number of aromatic nitrogens is 1. The van der Waals surface area contributed by atoms with Crippen molar-refractivity contribution in [3.05, 3.63) is 83.4 Å². The predicted molar refractivity (Wildman–Crippen MR) is 97.5 cm³/mol. The third kappa shape index (κ3) is 4.40. The number of thiol groups is 1. The summed E-state index contributed by atoms with van der Waals surface area (Å²) in [6, 6.07) is 16.2. The van der Waals surface area contributed by atoms with Crippen LogP contribution in [-0.4, -0.2) is 4.98 Å². The fourth-order valence-corrected chi connectivity index (χ4v) is 2.57. The van der Waals surface area contributed by atoms with Gasteiger partial charge in [0.15, 0.2) is 0 Å². The molecule has 3 N–H and O–H groups in total. The number of anilines is 1. The number of nitrogen functional groups attached to an aromatic ring is 1. The Kier molecular flexibility index (Phi) is 6.05. The van der Waals surface area contributed by atoms with Crippen LogP contribution in [0.25, 0.3) is 0 Å². The Morgan fingerprint density at radius 1 is 1.17 bits per heavy atom. The molecule has 0 aliphatic rings. The van der Waals surface area contributed by atoms with Crippen LogP contribution in [0, 0.1) is 17.1 Å². The highest BCUT2D eigenvalue weighted by Gasteiger charge is 2.10. The third-order valence-corrected chi connectivity index (χ3v) is 4.04. The maximum Gasteiger partial charge on any atom is 0.147 e. The quantitative estimate of drug-likeness (QED) is 0.466. The molecule has 3 aromatic rings. The number of nitrogens with zero attached hydrogens (tertiary/aromatic N) is 1. The molecule has 1 heterocycles. The maximum absolute atomic E-state index is 12.5. The van der Waals surface area contributed by atoms with E-state index >= 15 is 0 Å². The van der Waals surface area contributed by atoms with Gasteiger partial charge in [0.05, 0.1) is 17.3 Å². The van der Waals surface area contributed by atoms with Crippen molar-refractivity contribution in [3.63, 3.8) is 0 Å². The number of benzene rings is 2. The average Bonchev–Trinajstić information content (AvgIpc) is 3.04. The van der Waals surface area contributed by atoms with Crippen LogP contribution < -0.4 is 5.73 Å². The van der Waals surface area contributed by atoms with Crippen molar-refractivity contribution in [2.75, 3.05) is 5.73 Å². The van der Waals surface area contributed by atoms with Gasteiger partial charge in [0.2, 0.25) is 0 Å². The van der Waals surface area contributed by atoms with Crippen molar-refractivity contribution in [1.29, 1.82) is 5.26 Å². The van der Waals surface area contributed by atoms with Gasteiger partial charge in [0.25, 0.3) is 0 Å². The smallest absolute Gasteiger partial charge is 0.147 e. The zero-order valence-electron chi connectivity index (χ0n) is 13.2. The molecule has 1 unspecified atom stereocenters. The van der Waals surface area contributed by atoms with E-state index in [4.69, 9.17) is 11.0 Å². The number of hydrogen-bond acceptors (Lipinski definition) is 3. The molecule has 0 amide bonds. The highest BCUT2D eigenvalue weighted by Crippen LogP contribution is 2.28. The summed E-state index contributed by atoms with van der Waals surface area (Å²) in [5, 5.41) is 8.30. The molecule has 0 aliphatic heterocycles. The van der Waals surface area contributed by atoms with Gasteiger partial charge in [-0.3, -0.25) is 0 Å². The lowest BCUT2D eigenvalue weighted by molar-refractivity contribution is 0.632. The average molecular weight is 339 g/mol. The van der Waals surface area contributed by atoms with E-state index in [1.54, 1.807) is 6.07 Å². The van der Waals surface area contributed by atoms with Crippen LogP contribution in [0.15, 0.2) is 65.8 Å². The molecule has 0 spiro atoms. The van der Waals surface area contributed by atoms with Crippen molar-refractivity contribution in [2.45, 2.75) is 17.7 Å². The fourth-order valence-electron chi connectivity index (χ4n) is 2.23. The Bertz CT molecular complexity index is 837. The highest BCUT2D eigenvalue weighted by atomic mass is 32.1. The topological polar surface area (TPSA) is 65.6 Å². The van der Waals surface area contributed by atoms with Gasteiger partial charge >= 0.3 is 0 Å². The second kappa shape index (κ2) is 8.23. The normalized spacial score (nSPS) is 11.1. The minimum atomic E-state index is -0.543. The summed E-state index contributed by atoms with van der Waals surface area (Å²) >= 11 is 4.41. The first-order valence-corrected chi connectivity index (χ1v) is 7.83. The SMILES string of the molecule is CC(c1ccccc1)c1c[nH]cc1S.N#Cc1ccc(N)c(F)c1. The number of halogens is 1. The molecule has 2 aromatic carbocycles. The van der Waals surface area contributed by atoms with Crippen molar-refractivity contribution >= 4 is 18.3 Å². The van der Waals surface area contributed by atoms with Crippen molar-refractivity contribution in [3.8, 4) is 6.07 Å². The largest absolute Gasteiger partial charge is 0.396 e. The van der Waals surface area contributed by atoms with Gasteiger partial charge in [0.1, 0.15) is 5.82 Å². The van der Waals surface area contributed by atoms with Crippen LogP contribution in [0.2, 0.25) is 0 Å². The molecule has 0 aliphatic carbocycles. The molecular formula is C19H18FN3S. The first kappa shape index (κ1) is 17.6. The lowest BCUT2D eigenvalue weighted by Gasteiger charge is -2.10. The number of nitrogens with two attached hydrogens (primary N) is 1. The number of rotatable bonds is 2. The van der Waals surface area contributed by atoms with Crippen molar-refractivity contribution in [1.82, 2.24) is 4.98 Å². The lowest BCUT2D eigenvalue weighted by Crippen LogP contribution is -1.94. The third-order valence-electron chi connectivity index (χ3n) is 3.65. The van der Waals surface area contributed by atoms with E-state index in [9.17, 15) is 4.39 Å². The van der Waals surface area contributed by atoms with Crippen molar-refractivity contribution < 1.29 is 4.39 Å². The summed E-state index contributed by atoms with van der Waals surface area (Å²) in [5.74, 6) is -0.144. The van der Waals surface area contributed by atoms with Crippen LogP contribution >= 0.6 is 12.6 Å². The second-order valence-electron chi connectivity index (χ2n) is 5.28. The molecule has 0 bridgehead atoms. The summed E-state index contributed by atoms with van der Waals surface area (Å²) in [4.78, 5) is 4.10. The van der Waals surface area contributed by atoms with Crippen LogP contribution in [0.5, 0.6) is 0 Å². The van der Waals surface area contributed by atoms with Gasteiger partial charge in [-0.05, 0) is 29.3 Å². The number of aromatic amines is 1. The van der Waals surface area contributed by atoms with Crippen LogP contribution in [-0.2, 0) is 0 Å². The van der Waals surface area contributed by atoms with E-state index < -0.39 is 5.82 Å². The predicted octanol–water partition coefficient (Wildman–Crippen LogP) is 4.73. The molecule has 0 saturated heterocycles. The number of nitrogens with one attached hydrogen (secondary N) is 1. The van der Waals surface area contributed by atoms with E-state index in [1.165, 1.54) is 23.3 Å². The Morgan fingerprint density at radius 2 is 1.88 bits per heavy atom. The van der Waals surface area contributed by atoms with E-state index in [2.05, 4.69) is 48.8 Å². The molecule has 122 valence electrons. The van der Waals surface area contributed by atoms with Gasteiger partial charge < -0.3 is 10.7 Å². The lowest BCUT2D eigenvalue weighted by atomic mass is 9.95. The minimum Gasteiger partial charge on any atom is -0.396 e. The fraction of sp³-hybridized carbons (Fsp3) is 0.105. The Hall–Kier alpha value is -2.71. The molecule has 3 nitrogen and oxygen atoms in total. The first-order valence-electron chi connectivity index (χ1n) is 7.38. The summed E-state index contributed by atoms with van der Waals surface area (Å²) in [6.45, 7) is 2.19. The van der Waals surface area contributed by atoms with Gasteiger partial charge in [-0.15, -0.1) is 12.6 Å². The molecule has 0 saturated carbocycles. The summed E-state index contributed by atoms with van der Waals surface area (Å²) in [5.41, 5.74) is 8.08. The van der Waals surface area contributed by atoms with Gasteiger partial charge in [-0.2, -0.15) is 5.26 Å². The van der Waals surface area contributed by atoms with Crippen LogP contribution in [0.3, 0.4) is 0 Å². The molecule has 3 rings (SSSR count). The van der Waals surface area contributed by atoms with Crippen LogP contribution in [0.1, 0.15) is 29.5 Å². The number of nitriles is 1. The molecular weight excluding hydrogens is 321 g/mol. The molecule has 0 radical (unpaired) electrons. The van der Waals surface area contributed by atoms with E-state index in [0.29, 0.717) is 5.92 Å². The Labute approximate surface area is 146 Å². The maximum atomic E-state index is 12.5. The van der Waals surface area contributed by atoms with E-state index in [0.717, 1.165) is 11.0 Å². The summed E-state index contributed by atoms with van der Waals surface area (Å²) < 4.78 is 12.5. The number of H-pyrrole nitrogens is 1.